The number of nitrogens with one attached hydrogen (secondary N) is 5. The molecule has 4 heterocycles. The van der Waals surface area contributed by atoms with E-state index in [0.717, 1.165) is 74.6 Å². The Hall–Kier alpha value is -5.10. The number of nitrogens with zero attached hydrogens (tertiary/aromatic N) is 3. The summed E-state index contributed by atoms with van der Waals surface area (Å²) in [4.78, 5) is 55.6. The van der Waals surface area contributed by atoms with E-state index in [0.29, 0.717) is 24.9 Å². The molecule has 5 N–H and O–H groups in total. The quantitative estimate of drug-likeness (QED) is 0.193. The molecule has 4 aliphatic rings. The Morgan fingerprint density at radius 3 is 1.57 bits per heavy atom. The minimum absolute atomic E-state index is 0.0599. The summed E-state index contributed by atoms with van der Waals surface area (Å²) in [7, 11) is 3.74. The Bertz CT molecular complexity index is 1720. The molecule has 2 atom stereocenters. The molecule has 2 unspecified atom stereocenters. The number of benzene rings is 3. The summed E-state index contributed by atoms with van der Waals surface area (Å²) < 4.78 is 0. The summed E-state index contributed by atoms with van der Waals surface area (Å²) in [6.07, 6.45) is 7.02. The Morgan fingerprint density at radius 1 is 0.630 bits per heavy atom. The van der Waals surface area contributed by atoms with Gasteiger partial charge in [-0.25, -0.2) is 0 Å². The fourth-order valence-electron chi connectivity index (χ4n) is 7.97. The molecule has 4 aliphatic heterocycles. The first-order chi connectivity index (χ1) is 26.3. The van der Waals surface area contributed by atoms with E-state index in [2.05, 4.69) is 55.7 Å². The number of fused-ring (bicyclic) bond motifs is 2. The van der Waals surface area contributed by atoms with Crippen molar-refractivity contribution in [3.63, 3.8) is 0 Å². The second-order valence-electron chi connectivity index (χ2n) is 14.9. The van der Waals surface area contributed by atoms with E-state index in [1.165, 1.54) is 18.5 Å². The third kappa shape index (κ3) is 10.1. The first-order valence-electron chi connectivity index (χ1n) is 19.6. The van der Waals surface area contributed by atoms with E-state index in [4.69, 9.17) is 0 Å². The van der Waals surface area contributed by atoms with Crippen molar-refractivity contribution in [2.24, 2.45) is 11.8 Å². The van der Waals surface area contributed by atoms with Gasteiger partial charge in [0.2, 0.25) is 23.6 Å². The van der Waals surface area contributed by atoms with Crippen LogP contribution in [0.5, 0.6) is 0 Å². The zero-order valence-electron chi connectivity index (χ0n) is 31.7. The molecular formula is C42H56N8O4. The number of para-hydroxylation sites is 5. The normalized spacial score (nSPS) is 20.1. The summed E-state index contributed by atoms with van der Waals surface area (Å²) in [6, 6.07) is 24.9. The van der Waals surface area contributed by atoms with Crippen molar-refractivity contribution in [3.8, 4) is 0 Å². The minimum atomic E-state index is -0.478. The highest BCUT2D eigenvalue weighted by Crippen LogP contribution is 2.32. The maximum absolute atomic E-state index is 12.5. The Labute approximate surface area is 319 Å². The van der Waals surface area contributed by atoms with Gasteiger partial charge in [0.15, 0.2) is 0 Å². The predicted octanol–water partition coefficient (Wildman–Crippen LogP) is 4.60. The molecule has 3 aromatic rings. The summed E-state index contributed by atoms with van der Waals surface area (Å²) in [5.74, 6) is 0.958. The third-order valence-corrected chi connectivity index (χ3v) is 11.3. The van der Waals surface area contributed by atoms with Gasteiger partial charge in [-0.2, -0.15) is 0 Å². The number of hydrogen-bond acceptors (Lipinski definition) is 8. The van der Waals surface area contributed by atoms with Gasteiger partial charge in [-0.3, -0.25) is 19.2 Å². The Kier molecular flexibility index (Phi) is 13.4. The topological polar surface area (TPSA) is 138 Å². The molecule has 2 fully saturated rings. The highest BCUT2D eigenvalue weighted by atomic mass is 16.2. The number of carbonyl (C=O) groups is 4. The summed E-state index contributed by atoms with van der Waals surface area (Å²) in [5.41, 5.74) is 4.78. The van der Waals surface area contributed by atoms with Crippen molar-refractivity contribution >= 4 is 52.1 Å². The number of hydrogen-bond donors (Lipinski definition) is 5. The smallest absolute Gasteiger partial charge is 0.247 e. The Balaban J connectivity index is 0.000000189. The highest BCUT2D eigenvalue weighted by Gasteiger charge is 2.33. The van der Waals surface area contributed by atoms with Gasteiger partial charge < -0.3 is 41.3 Å². The zero-order valence-corrected chi connectivity index (χ0v) is 31.7. The molecule has 0 aliphatic carbocycles. The van der Waals surface area contributed by atoms with Gasteiger partial charge in [0.1, 0.15) is 12.1 Å². The molecule has 0 radical (unpaired) electrons. The van der Waals surface area contributed by atoms with Gasteiger partial charge in [-0.15, -0.1) is 0 Å². The second-order valence-corrected chi connectivity index (χ2v) is 14.9. The van der Waals surface area contributed by atoms with Gasteiger partial charge in [0, 0.05) is 46.0 Å². The van der Waals surface area contributed by atoms with Gasteiger partial charge in [-0.1, -0.05) is 42.5 Å². The average Bonchev–Trinajstić information content (AvgIpc) is 3.19. The van der Waals surface area contributed by atoms with Crippen LogP contribution in [0.2, 0.25) is 0 Å². The fourth-order valence-corrected chi connectivity index (χ4v) is 7.97. The van der Waals surface area contributed by atoms with Crippen LogP contribution in [0.3, 0.4) is 0 Å². The van der Waals surface area contributed by atoms with E-state index in [-0.39, 0.29) is 36.5 Å². The van der Waals surface area contributed by atoms with Crippen LogP contribution in [0.15, 0.2) is 78.9 Å². The lowest BCUT2D eigenvalue weighted by Gasteiger charge is -2.35. The molecule has 288 valence electrons. The largest absolute Gasteiger partial charge is 0.372 e. The molecule has 2 saturated heterocycles. The molecular weight excluding hydrogens is 681 g/mol. The van der Waals surface area contributed by atoms with Crippen LogP contribution in [0.25, 0.3) is 0 Å². The van der Waals surface area contributed by atoms with Crippen LogP contribution in [-0.4, -0.2) is 89.1 Å². The van der Waals surface area contributed by atoms with E-state index < -0.39 is 12.1 Å². The molecule has 0 saturated carbocycles. The summed E-state index contributed by atoms with van der Waals surface area (Å²) in [6.45, 7) is 5.64. The van der Waals surface area contributed by atoms with E-state index in [1.807, 2.05) is 78.5 Å². The van der Waals surface area contributed by atoms with Gasteiger partial charge in [0.05, 0.1) is 35.6 Å². The molecule has 54 heavy (non-hydrogen) atoms. The maximum atomic E-state index is 12.5. The first-order valence-corrected chi connectivity index (χ1v) is 19.6. The summed E-state index contributed by atoms with van der Waals surface area (Å²) in [5, 5.41) is 15.1. The molecule has 0 bridgehead atoms. The first kappa shape index (κ1) is 38.6. The van der Waals surface area contributed by atoms with Crippen molar-refractivity contribution in [2.45, 2.75) is 63.5 Å². The Morgan fingerprint density at radius 2 is 1.07 bits per heavy atom. The molecule has 0 spiro atoms. The van der Waals surface area contributed by atoms with Crippen LogP contribution in [0, 0.1) is 11.8 Å². The molecule has 12 heteroatoms. The predicted molar refractivity (Wildman–Crippen MR) is 216 cm³/mol. The van der Waals surface area contributed by atoms with E-state index in [9.17, 15) is 19.2 Å². The lowest BCUT2D eigenvalue weighted by Crippen LogP contribution is -2.48. The fraction of sp³-hybridized carbons (Fsp3) is 0.476. The molecule has 0 aromatic heterocycles. The zero-order chi connectivity index (χ0) is 37.9. The second kappa shape index (κ2) is 18.8. The minimum Gasteiger partial charge on any atom is -0.372 e. The van der Waals surface area contributed by atoms with E-state index >= 15 is 0 Å². The molecule has 4 amide bonds. The van der Waals surface area contributed by atoms with Crippen LogP contribution < -0.4 is 41.3 Å². The SMILES string of the molecule is CN1c2ccccc2NC(=O)C1CC(=O)NCCC1CCN(c2ccccc2)CC1.CN1c2ccccc2NC(=O)C1CC(=O)NCCC1CCNCC1. The number of anilines is 5. The highest BCUT2D eigenvalue weighted by molar-refractivity contribution is 6.06. The number of piperidine rings is 2. The van der Waals surface area contributed by atoms with Crippen LogP contribution in [0.1, 0.15) is 51.4 Å². The summed E-state index contributed by atoms with van der Waals surface area (Å²) >= 11 is 0. The standard InChI is InChI=1S/C24H30N4O2.C18H26N4O2/c1-27-21-10-6-5-9-20(21)26-24(30)22(27)17-23(29)25-14-11-18-12-15-28(16-13-18)19-7-3-2-4-8-19;1-22-15-5-3-2-4-14(15)21-18(24)16(22)12-17(23)20-11-8-13-6-9-19-10-7-13/h2-10,18,22H,11-17H2,1H3,(H,25,29)(H,26,30);2-5,13,16,19H,6-12H2,1H3,(H,20,23)(H,21,24). The van der Waals surface area contributed by atoms with E-state index in [1.54, 1.807) is 0 Å². The molecule has 12 nitrogen and oxygen atoms in total. The van der Waals surface area contributed by atoms with Gasteiger partial charge >= 0.3 is 0 Å². The number of carbonyl (C=O) groups excluding carboxylic acids is 4. The maximum Gasteiger partial charge on any atom is 0.247 e. The van der Waals surface area contributed by atoms with Crippen molar-refractivity contribution in [1.82, 2.24) is 16.0 Å². The lowest BCUT2D eigenvalue weighted by molar-refractivity contribution is -0.125. The number of rotatable bonds is 11. The number of amides is 4. The van der Waals surface area contributed by atoms with Crippen molar-refractivity contribution in [1.29, 1.82) is 0 Å². The van der Waals surface area contributed by atoms with Crippen LogP contribution >= 0.6 is 0 Å². The van der Waals surface area contributed by atoms with Gasteiger partial charge in [0.25, 0.3) is 0 Å². The lowest BCUT2D eigenvalue weighted by atomic mass is 9.93. The number of likely N-dealkylation sites (N-methyl/N-ethyl adjacent to an activating group) is 2. The van der Waals surface area contributed by atoms with Crippen molar-refractivity contribution in [3.05, 3.63) is 78.9 Å². The van der Waals surface area contributed by atoms with Crippen molar-refractivity contribution in [2.75, 3.05) is 78.7 Å². The van der Waals surface area contributed by atoms with Crippen molar-refractivity contribution < 1.29 is 19.2 Å². The van der Waals surface area contributed by atoms with Crippen LogP contribution in [-0.2, 0) is 19.2 Å². The molecule has 7 rings (SSSR count). The average molecular weight is 737 g/mol. The monoisotopic (exact) mass is 736 g/mol. The molecule has 3 aromatic carbocycles. The van der Waals surface area contributed by atoms with Gasteiger partial charge in [-0.05, 0) is 99.8 Å². The van der Waals surface area contributed by atoms with Crippen LogP contribution in [0.4, 0.5) is 28.4 Å². The third-order valence-electron chi connectivity index (χ3n) is 11.3.